The van der Waals surface area contributed by atoms with Crippen LogP contribution in [0.25, 0.3) is 0 Å². The van der Waals surface area contributed by atoms with Crippen LogP contribution in [0, 0.1) is 5.92 Å². The third-order valence-corrected chi connectivity index (χ3v) is 4.68. The van der Waals surface area contributed by atoms with E-state index in [9.17, 15) is 4.79 Å². The van der Waals surface area contributed by atoms with Crippen molar-refractivity contribution >= 4 is 5.91 Å². The highest BCUT2D eigenvalue weighted by atomic mass is 16.2. The van der Waals surface area contributed by atoms with Crippen molar-refractivity contribution in [3.05, 3.63) is 54.6 Å². The average Bonchev–Trinajstić information content (AvgIpc) is 3.11. The first-order valence-corrected chi connectivity index (χ1v) is 8.78. The van der Waals surface area contributed by atoms with Crippen LogP contribution in [0.4, 0.5) is 0 Å². The maximum absolute atomic E-state index is 12.1. The van der Waals surface area contributed by atoms with Gasteiger partial charge in [0.15, 0.2) is 0 Å². The summed E-state index contributed by atoms with van der Waals surface area (Å²) in [6.45, 7) is 4.28. The van der Waals surface area contributed by atoms with Crippen LogP contribution >= 0.6 is 0 Å². The fraction of sp³-hybridized carbons (Fsp3) is 0.474. The summed E-state index contributed by atoms with van der Waals surface area (Å²) in [7, 11) is 0. The van der Waals surface area contributed by atoms with Gasteiger partial charge in [-0.2, -0.15) is 0 Å². The molecule has 5 heteroatoms. The number of carbonyl (C=O) groups is 1. The molecule has 3 rings (SSSR count). The summed E-state index contributed by atoms with van der Waals surface area (Å²) in [5, 5.41) is 3.03. The van der Waals surface area contributed by atoms with Crippen LogP contribution in [0.2, 0.25) is 0 Å². The topological polar surface area (TPSA) is 50.2 Å². The molecule has 1 aromatic carbocycles. The average molecular weight is 326 g/mol. The summed E-state index contributed by atoms with van der Waals surface area (Å²) in [5.41, 5.74) is 1.26. The highest BCUT2D eigenvalue weighted by Gasteiger charge is 2.20. The quantitative estimate of drug-likeness (QED) is 0.846. The summed E-state index contributed by atoms with van der Waals surface area (Å²) >= 11 is 0. The number of aromatic nitrogens is 2. The van der Waals surface area contributed by atoms with Crippen molar-refractivity contribution in [2.45, 2.75) is 25.8 Å². The van der Waals surface area contributed by atoms with Gasteiger partial charge in [0.25, 0.3) is 0 Å². The number of likely N-dealkylation sites (tertiary alicyclic amines) is 1. The van der Waals surface area contributed by atoms with E-state index in [1.54, 1.807) is 0 Å². The number of piperidine rings is 1. The number of carbonyl (C=O) groups excluding carboxylic acids is 1. The highest BCUT2D eigenvalue weighted by molar-refractivity contribution is 5.78. The number of hydrogen-bond donors (Lipinski definition) is 1. The molecule has 128 valence electrons. The van der Waals surface area contributed by atoms with Crippen molar-refractivity contribution in [2.24, 2.45) is 5.92 Å². The Morgan fingerprint density at radius 1 is 1.21 bits per heavy atom. The van der Waals surface area contributed by atoms with Gasteiger partial charge in [0, 0.05) is 25.5 Å². The van der Waals surface area contributed by atoms with Crippen molar-refractivity contribution in [3.63, 3.8) is 0 Å². The SMILES string of the molecule is O=C(CN1CCC(Cn2ccnc2)CC1)NCCc1ccccc1. The van der Waals surface area contributed by atoms with Crippen LogP contribution in [0.15, 0.2) is 49.1 Å². The summed E-state index contributed by atoms with van der Waals surface area (Å²) in [6.07, 6.45) is 8.92. The van der Waals surface area contributed by atoms with Crippen LogP contribution in [0.3, 0.4) is 0 Å². The Labute approximate surface area is 143 Å². The molecule has 1 aromatic heterocycles. The molecule has 0 unspecified atom stereocenters. The third-order valence-electron chi connectivity index (χ3n) is 4.68. The summed E-state index contributed by atoms with van der Waals surface area (Å²) < 4.78 is 2.15. The summed E-state index contributed by atoms with van der Waals surface area (Å²) in [5.74, 6) is 0.829. The standard InChI is InChI=1S/C19H26N4O/c24-19(21-9-6-17-4-2-1-3-5-17)15-22-11-7-18(8-12-22)14-23-13-10-20-16-23/h1-5,10,13,16,18H,6-9,11-12,14-15H2,(H,21,24). The molecule has 1 aliphatic rings. The van der Waals surface area contributed by atoms with E-state index in [1.165, 1.54) is 5.56 Å². The molecule has 0 radical (unpaired) electrons. The lowest BCUT2D eigenvalue weighted by Crippen LogP contribution is -2.42. The van der Waals surface area contributed by atoms with E-state index >= 15 is 0 Å². The lowest BCUT2D eigenvalue weighted by Gasteiger charge is -2.31. The van der Waals surface area contributed by atoms with E-state index in [2.05, 4.69) is 31.9 Å². The Morgan fingerprint density at radius 2 is 2.00 bits per heavy atom. The van der Waals surface area contributed by atoms with Gasteiger partial charge in [-0.25, -0.2) is 4.98 Å². The Bertz CT molecular complexity index is 604. The molecule has 1 N–H and O–H groups in total. The Morgan fingerprint density at radius 3 is 2.71 bits per heavy atom. The second kappa shape index (κ2) is 8.64. The minimum atomic E-state index is 0.138. The minimum Gasteiger partial charge on any atom is -0.355 e. The van der Waals surface area contributed by atoms with Gasteiger partial charge in [-0.1, -0.05) is 30.3 Å². The molecule has 0 spiro atoms. The van der Waals surface area contributed by atoms with E-state index in [0.717, 1.165) is 38.9 Å². The van der Waals surface area contributed by atoms with Crippen molar-refractivity contribution in [2.75, 3.05) is 26.2 Å². The molecule has 2 aromatic rings. The first-order valence-electron chi connectivity index (χ1n) is 8.78. The van der Waals surface area contributed by atoms with Crippen LogP contribution in [-0.4, -0.2) is 46.5 Å². The highest BCUT2D eigenvalue weighted by Crippen LogP contribution is 2.18. The second-order valence-electron chi connectivity index (χ2n) is 6.56. The Hall–Kier alpha value is -2.14. The molecular weight excluding hydrogens is 300 g/mol. The maximum atomic E-state index is 12.1. The van der Waals surface area contributed by atoms with E-state index in [1.807, 2.05) is 36.9 Å². The van der Waals surface area contributed by atoms with Gasteiger partial charge in [0.2, 0.25) is 5.91 Å². The van der Waals surface area contributed by atoms with Crippen molar-refractivity contribution < 1.29 is 4.79 Å². The molecule has 0 bridgehead atoms. The van der Waals surface area contributed by atoms with E-state index in [0.29, 0.717) is 19.0 Å². The third kappa shape index (κ3) is 5.20. The molecule has 0 aliphatic carbocycles. The van der Waals surface area contributed by atoms with E-state index in [-0.39, 0.29) is 5.91 Å². The number of nitrogens with zero attached hydrogens (tertiary/aromatic N) is 3. The van der Waals surface area contributed by atoms with Crippen molar-refractivity contribution in [1.82, 2.24) is 19.8 Å². The number of amides is 1. The van der Waals surface area contributed by atoms with Gasteiger partial charge < -0.3 is 9.88 Å². The zero-order valence-electron chi connectivity index (χ0n) is 14.1. The zero-order valence-corrected chi connectivity index (χ0v) is 14.1. The molecular formula is C19H26N4O. The largest absolute Gasteiger partial charge is 0.355 e. The lowest BCUT2D eigenvalue weighted by molar-refractivity contribution is -0.122. The Kier molecular flexibility index (Phi) is 6.01. The molecule has 1 saturated heterocycles. The molecule has 5 nitrogen and oxygen atoms in total. The zero-order chi connectivity index (χ0) is 16.6. The molecule has 0 atom stereocenters. The molecule has 1 amide bonds. The summed E-state index contributed by atoms with van der Waals surface area (Å²) in [4.78, 5) is 18.4. The molecule has 2 heterocycles. The number of hydrogen-bond acceptors (Lipinski definition) is 3. The molecule has 24 heavy (non-hydrogen) atoms. The van der Waals surface area contributed by atoms with Crippen LogP contribution in [-0.2, 0) is 17.8 Å². The number of benzene rings is 1. The molecule has 1 fully saturated rings. The monoisotopic (exact) mass is 326 g/mol. The van der Waals surface area contributed by atoms with Gasteiger partial charge in [-0.15, -0.1) is 0 Å². The van der Waals surface area contributed by atoms with Crippen LogP contribution in [0.1, 0.15) is 18.4 Å². The maximum Gasteiger partial charge on any atom is 0.234 e. The second-order valence-corrected chi connectivity index (χ2v) is 6.56. The van der Waals surface area contributed by atoms with Gasteiger partial charge in [-0.3, -0.25) is 9.69 Å². The minimum absolute atomic E-state index is 0.138. The van der Waals surface area contributed by atoms with E-state index in [4.69, 9.17) is 0 Å². The Balaban J connectivity index is 1.31. The first kappa shape index (κ1) is 16.7. The van der Waals surface area contributed by atoms with Gasteiger partial charge in [0.1, 0.15) is 0 Å². The van der Waals surface area contributed by atoms with Gasteiger partial charge in [-0.05, 0) is 43.8 Å². The molecule has 0 saturated carbocycles. The number of imidazole rings is 1. The fourth-order valence-corrected chi connectivity index (χ4v) is 3.27. The van der Waals surface area contributed by atoms with Crippen LogP contribution in [0.5, 0.6) is 0 Å². The lowest BCUT2D eigenvalue weighted by atomic mass is 9.97. The smallest absolute Gasteiger partial charge is 0.234 e. The predicted molar refractivity (Wildman–Crippen MR) is 94.5 cm³/mol. The predicted octanol–water partition coefficient (Wildman–Crippen LogP) is 1.95. The fourth-order valence-electron chi connectivity index (χ4n) is 3.27. The van der Waals surface area contributed by atoms with Crippen molar-refractivity contribution in [3.8, 4) is 0 Å². The van der Waals surface area contributed by atoms with Crippen LogP contribution < -0.4 is 5.32 Å². The van der Waals surface area contributed by atoms with Gasteiger partial charge >= 0.3 is 0 Å². The van der Waals surface area contributed by atoms with Gasteiger partial charge in [0.05, 0.1) is 12.9 Å². The molecule has 1 aliphatic heterocycles. The normalized spacial score (nSPS) is 16.2. The number of rotatable bonds is 7. The number of nitrogens with one attached hydrogen (secondary N) is 1. The van der Waals surface area contributed by atoms with E-state index < -0.39 is 0 Å². The summed E-state index contributed by atoms with van der Waals surface area (Å²) in [6, 6.07) is 10.3. The van der Waals surface area contributed by atoms with Crippen molar-refractivity contribution in [1.29, 1.82) is 0 Å². The first-order chi connectivity index (χ1) is 11.8.